The molecule has 6 rings (SSSR count). The van der Waals surface area contributed by atoms with Crippen LogP contribution in [0.5, 0.6) is 5.75 Å². The Morgan fingerprint density at radius 3 is 2.75 bits per heavy atom. The number of carbonyl (C=O) groups is 3. The van der Waals surface area contributed by atoms with Gasteiger partial charge < -0.3 is 25.2 Å². The summed E-state index contributed by atoms with van der Waals surface area (Å²) in [7, 11) is 2.99. The van der Waals surface area contributed by atoms with Gasteiger partial charge in [-0.05, 0) is 55.2 Å². The largest absolute Gasteiger partial charge is 0.495 e. The number of amides is 4. The second-order valence-electron chi connectivity index (χ2n) is 11.2. The van der Waals surface area contributed by atoms with E-state index in [4.69, 9.17) is 21.1 Å². The van der Waals surface area contributed by atoms with Crippen LogP contribution < -0.4 is 15.4 Å². The molecule has 228 valence electrons. The lowest BCUT2D eigenvalue weighted by Gasteiger charge is -2.41. The van der Waals surface area contributed by atoms with E-state index in [0.717, 1.165) is 16.7 Å². The van der Waals surface area contributed by atoms with Crippen molar-refractivity contribution in [2.24, 2.45) is 0 Å². The van der Waals surface area contributed by atoms with Crippen LogP contribution in [0.25, 0.3) is 5.57 Å². The minimum Gasteiger partial charge on any atom is -0.495 e. The van der Waals surface area contributed by atoms with E-state index in [9.17, 15) is 19.5 Å². The highest BCUT2D eigenvalue weighted by Gasteiger charge is 2.51. The monoisotopic (exact) mass is 617 g/mol. The number of rotatable bonds is 8. The van der Waals surface area contributed by atoms with Crippen LogP contribution in [0.3, 0.4) is 0 Å². The number of hydrogen-bond donors (Lipinski definition) is 3. The highest BCUT2D eigenvalue weighted by Crippen LogP contribution is 2.47. The first-order valence-electron chi connectivity index (χ1n) is 14.2. The SMILES string of the molecule is COC[C@@H](C)N1C(=O)N(CC(=O)Nc2ccc3c(c2)C[C@@]2(C3)C(=O)Nc3ncccc32)C=C(c2cccc(OC)c2Cl)C1O. The molecule has 0 saturated carbocycles. The summed E-state index contributed by atoms with van der Waals surface area (Å²) in [5.74, 6) is 0.474. The zero-order chi connectivity index (χ0) is 31.2. The molecule has 1 unspecified atom stereocenters. The van der Waals surface area contributed by atoms with E-state index in [1.54, 1.807) is 37.4 Å². The van der Waals surface area contributed by atoms with E-state index < -0.39 is 29.6 Å². The number of anilines is 2. The van der Waals surface area contributed by atoms with Gasteiger partial charge in [-0.15, -0.1) is 0 Å². The Morgan fingerprint density at radius 2 is 1.98 bits per heavy atom. The average Bonchev–Trinajstić information content (AvgIpc) is 3.51. The van der Waals surface area contributed by atoms with Gasteiger partial charge in [0.25, 0.3) is 0 Å². The highest BCUT2D eigenvalue weighted by atomic mass is 35.5. The third-order valence-electron chi connectivity index (χ3n) is 8.46. The van der Waals surface area contributed by atoms with Crippen molar-refractivity contribution < 1.29 is 29.0 Å². The second-order valence-corrected chi connectivity index (χ2v) is 11.6. The van der Waals surface area contributed by atoms with Crippen molar-refractivity contribution in [3.8, 4) is 5.75 Å². The van der Waals surface area contributed by atoms with Crippen molar-refractivity contribution >= 4 is 46.5 Å². The van der Waals surface area contributed by atoms with Crippen molar-refractivity contribution in [2.75, 3.05) is 38.0 Å². The van der Waals surface area contributed by atoms with Gasteiger partial charge in [0.1, 0.15) is 18.1 Å². The Kier molecular flexibility index (Phi) is 7.79. The number of hydrogen-bond acceptors (Lipinski definition) is 7. The van der Waals surface area contributed by atoms with Gasteiger partial charge in [0.15, 0.2) is 6.23 Å². The molecule has 2 aromatic carbocycles. The molecule has 3 atom stereocenters. The maximum absolute atomic E-state index is 13.6. The number of pyridine rings is 1. The summed E-state index contributed by atoms with van der Waals surface area (Å²) < 4.78 is 10.6. The lowest BCUT2D eigenvalue weighted by molar-refractivity contribution is -0.120. The molecular weight excluding hydrogens is 586 g/mol. The summed E-state index contributed by atoms with van der Waals surface area (Å²) >= 11 is 6.59. The number of aliphatic hydroxyl groups is 1. The molecular formula is C32H32ClN5O6. The Bertz CT molecular complexity index is 1700. The number of nitrogens with one attached hydrogen (secondary N) is 2. The van der Waals surface area contributed by atoms with Crippen LogP contribution in [0.4, 0.5) is 16.3 Å². The number of fused-ring (bicyclic) bond motifs is 3. The van der Waals surface area contributed by atoms with Gasteiger partial charge in [0.05, 0.1) is 30.2 Å². The van der Waals surface area contributed by atoms with Gasteiger partial charge in [-0.3, -0.25) is 19.4 Å². The smallest absolute Gasteiger partial charge is 0.327 e. The van der Waals surface area contributed by atoms with Crippen LogP contribution >= 0.6 is 11.6 Å². The first-order valence-corrected chi connectivity index (χ1v) is 14.5. The Hall–Kier alpha value is -4.45. The predicted molar refractivity (Wildman–Crippen MR) is 164 cm³/mol. The van der Waals surface area contributed by atoms with Crippen molar-refractivity contribution in [2.45, 2.75) is 37.5 Å². The number of methoxy groups -OCH3 is 2. The molecule has 0 bridgehead atoms. The molecule has 3 aliphatic rings. The van der Waals surface area contributed by atoms with Gasteiger partial charge in [-0.2, -0.15) is 0 Å². The van der Waals surface area contributed by atoms with Crippen molar-refractivity contribution in [1.29, 1.82) is 0 Å². The predicted octanol–water partition coefficient (Wildman–Crippen LogP) is 3.80. The molecule has 3 N–H and O–H groups in total. The fourth-order valence-corrected chi connectivity index (χ4v) is 6.67. The Balaban J connectivity index is 1.24. The number of aromatic nitrogens is 1. The van der Waals surface area contributed by atoms with Gasteiger partial charge in [-0.25, -0.2) is 9.78 Å². The van der Waals surface area contributed by atoms with Crippen LogP contribution in [0.1, 0.15) is 29.2 Å². The van der Waals surface area contributed by atoms with Crippen molar-refractivity contribution in [1.82, 2.24) is 14.8 Å². The normalized spacial score (nSPS) is 21.1. The minimum atomic E-state index is -1.34. The lowest BCUT2D eigenvalue weighted by atomic mass is 9.79. The molecule has 1 aromatic heterocycles. The number of urea groups is 1. The van der Waals surface area contributed by atoms with Crippen LogP contribution in [0, 0.1) is 0 Å². The van der Waals surface area contributed by atoms with Gasteiger partial charge in [0, 0.05) is 41.9 Å². The van der Waals surface area contributed by atoms with E-state index in [2.05, 4.69) is 15.6 Å². The molecule has 4 amide bonds. The van der Waals surface area contributed by atoms with E-state index in [1.807, 2.05) is 24.3 Å². The van der Waals surface area contributed by atoms with Crippen molar-refractivity contribution in [3.05, 3.63) is 88.2 Å². The molecule has 3 aromatic rings. The van der Waals surface area contributed by atoms with Gasteiger partial charge in [0.2, 0.25) is 11.8 Å². The molecule has 1 spiro atoms. The molecule has 0 radical (unpaired) electrons. The number of halogens is 1. The topological polar surface area (TPSA) is 133 Å². The quantitative estimate of drug-likeness (QED) is 0.350. The third-order valence-corrected chi connectivity index (χ3v) is 8.85. The molecule has 2 aliphatic heterocycles. The van der Waals surface area contributed by atoms with Crippen LogP contribution in [0.2, 0.25) is 5.02 Å². The minimum absolute atomic E-state index is 0.0789. The number of carbonyl (C=O) groups excluding carboxylic acids is 3. The number of aliphatic hydroxyl groups excluding tert-OH is 1. The fourth-order valence-electron chi connectivity index (χ4n) is 6.36. The maximum atomic E-state index is 13.6. The molecule has 11 nitrogen and oxygen atoms in total. The van der Waals surface area contributed by atoms with Crippen LogP contribution in [-0.4, -0.2) is 77.4 Å². The standard InChI is InChI=1S/C32H32ClN5O6/c1-18(17-43-2)38-29(40)23(22-6-4-8-25(44-3)27(22)33)15-37(31(38)42)16-26(39)35-21-10-9-19-13-32(14-20(19)12-21)24-7-5-11-34-28(24)36-30(32)41/h4-12,15,18,29,40H,13-14,16-17H2,1-3H3,(H,35,39)(H,34,36,41)/t18-,29?,32-/m1/s1. The lowest BCUT2D eigenvalue weighted by Crippen LogP contribution is -2.56. The summed E-state index contributed by atoms with van der Waals surface area (Å²) in [5.41, 5.74) is 3.48. The molecule has 0 saturated heterocycles. The zero-order valence-corrected chi connectivity index (χ0v) is 25.2. The Morgan fingerprint density at radius 1 is 1.18 bits per heavy atom. The molecule has 0 fully saturated rings. The zero-order valence-electron chi connectivity index (χ0n) is 24.5. The van der Waals surface area contributed by atoms with Gasteiger partial charge >= 0.3 is 6.03 Å². The van der Waals surface area contributed by atoms with E-state index in [-0.39, 0.29) is 24.1 Å². The van der Waals surface area contributed by atoms with E-state index >= 15 is 0 Å². The van der Waals surface area contributed by atoms with Crippen molar-refractivity contribution in [3.63, 3.8) is 0 Å². The summed E-state index contributed by atoms with van der Waals surface area (Å²) in [4.78, 5) is 46.8. The summed E-state index contributed by atoms with van der Waals surface area (Å²) in [6, 6.07) is 13.4. The van der Waals surface area contributed by atoms with E-state index in [0.29, 0.717) is 41.2 Å². The highest BCUT2D eigenvalue weighted by molar-refractivity contribution is 6.34. The summed E-state index contributed by atoms with van der Waals surface area (Å²) in [6.07, 6.45) is 2.79. The second kappa shape index (κ2) is 11.6. The van der Waals surface area contributed by atoms with Gasteiger partial charge in [-0.1, -0.05) is 35.9 Å². The fraction of sp³-hybridized carbons (Fsp3) is 0.312. The average molecular weight is 618 g/mol. The molecule has 44 heavy (non-hydrogen) atoms. The molecule has 3 heterocycles. The Labute approximate surface area is 259 Å². The first-order chi connectivity index (χ1) is 21.2. The number of ether oxygens (including phenoxy) is 2. The number of nitrogens with zero attached hydrogens (tertiary/aromatic N) is 3. The molecule has 1 aliphatic carbocycles. The third kappa shape index (κ3) is 4.96. The van der Waals surface area contributed by atoms with Crippen LogP contribution in [-0.2, 0) is 32.6 Å². The molecule has 12 heteroatoms. The first kappa shape index (κ1) is 29.6. The maximum Gasteiger partial charge on any atom is 0.327 e. The van der Waals surface area contributed by atoms with E-state index in [1.165, 1.54) is 30.2 Å². The van der Waals surface area contributed by atoms with Crippen LogP contribution in [0.15, 0.2) is 60.9 Å². The summed E-state index contributed by atoms with van der Waals surface area (Å²) in [6.45, 7) is 1.59. The summed E-state index contributed by atoms with van der Waals surface area (Å²) in [5, 5.41) is 17.4. The number of benzene rings is 2.